The van der Waals surface area contributed by atoms with Crippen LogP contribution in [0.4, 0.5) is 5.69 Å². The van der Waals surface area contributed by atoms with E-state index in [-0.39, 0.29) is 30.1 Å². The fourth-order valence-corrected chi connectivity index (χ4v) is 4.07. The van der Waals surface area contributed by atoms with Gasteiger partial charge < -0.3 is 10.6 Å². The second kappa shape index (κ2) is 9.74. The molecular weight excluding hydrogens is 438 g/mol. The van der Waals surface area contributed by atoms with E-state index in [2.05, 4.69) is 20.7 Å². The molecule has 1 aromatic carbocycles. The van der Waals surface area contributed by atoms with E-state index in [0.717, 1.165) is 11.3 Å². The third-order valence-corrected chi connectivity index (χ3v) is 5.74. The van der Waals surface area contributed by atoms with Gasteiger partial charge in [-0.3, -0.25) is 14.4 Å². The second-order valence-corrected chi connectivity index (χ2v) is 8.88. The smallest absolute Gasteiger partial charge is 0.243 e. The van der Waals surface area contributed by atoms with Crippen LogP contribution in [-0.2, 0) is 9.59 Å². The van der Waals surface area contributed by atoms with Crippen LogP contribution in [0.15, 0.2) is 60.2 Å². The Morgan fingerprint density at radius 1 is 1.09 bits per heavy atom. The lowest BCUT2D eigenvalue weighted by Crippen LogP contribution is -2.33. The van der Waals surface area contributed by atoms with Gasteiger partial charge in [0.1, 0.15) is 0 Å². The predicted octanol–water partition coefficient (Wildman–Crippen LogP) is 3.79. The first-order valence-electron chi connectivity index (χ1n) is 10.5. The standard InChI is InChI=1S/C24H23N5O3S/c1-15(2)11-21(30)26-14-22(31)28-17-6-3-5-16(12-17)19-8-9-25-24-18(13-27-29(19)24)23(32)20-7-4-10-33-20/h3-10,12-13,15H,11,14H2,1-2H3,(H,26,30)(H,28,31). The highest BCUT2D eigenvalue weighted by Gasteiger charge is 2.18. The fraction of sp³-hybridized carbons (Fsp3) is 0.208. The molecule has 0 radical (unpaired) electrons. The normalized spacial score (nSPS) is 11.0. The Labute approximate surface area is 194 Å². The van der Waals surface area contributed by atoms with E-state index >= 15 is 0 Å². The molecule has 0 bridgehead atoms. The first kappa shape index (κ1) is 22.3. The van der Waals surface area contributed by atoms with Crippen LogP contribution >= 0.6 is 11.3 Å². The van der Waals surface area contributed by atoms with Crippen LogP contribution in [0.25, 0.3) is 16.9 Å². The van der Waals surface area contributed by atoms with E-state index in [1.54, 1.807) is 28.9 Å². The summed E-state index contributed by atoms with van der Waals surface area (Å²) in [6.45, 7) is 3.80. The molecule has 4 rings (SSSR count). The number of ketones is 1. The number of benzene rings is 1. The number of rotatable bonds is 8. The third-order valence-electron chi connectivity index (χ3n) is 4.87. The molecule has 0 saturated heterocycles. The SMILES string of the molecule is CC(C)CC(=O)NCC(=O)Nc1cccc(-c2ccnc3c(C(=O)c4cccs4)cnn23)c1. The quantitative estimate of drug-likeness (QED) is 0.389. The number of thiophene rings is 1. The molecule has 168 valence electrons. The van der Waals surface area contributed by atoms with Gasteiger partial charge in [0.25, 0.3) is 0 Å². The molecule has 0 unspecified atom stereocenters. The van der Waals surface area contributed by atoms with Gasteiger partial charge in [-0.1, -0.05) is 32.0 Å². The van der Waals surface area contributed by atoms with Crippen molar-refractivity contribution in [1.82, 2.24) is 19.9 Å². The van der Waals surface area contributed by atoms with E-state index in [9.17, 15) is 14.4 Å². The Morgan fingerprint density at radius 2 is 1.94 bits per heavy atom. The molecule has 0 aliphatic heterocycles. The summed E-state index contributed by atoms with van der Waals surface area (Å²) < 4.78 is 1.62. The van der Waals surface area contributed by atoms with E-state index in [4.69, 9.17) is 0 Å². The lowest BCUT2D eigenvalue weighted by atomic mass is 10.1. The molecule has 8 nitrogen and oxygen atoms in total. The summed E-state index contributed by atoms with van der Waals surface area (Å²) in [5.74, 6) is -0.359. The Balaban J connectivity index is 1.54. The molecule has 0 fully saturated rings. The van der Waals surface area contributed by atoms with Crippen molar-refractivity contribution >= 4 is 40.3 Å². The first-order valence-corrected chi connectivity index (χ1v) is 11.4. The summed E-state index contributed by atoms with van der Waals surface area (Å²) in [7, 11) is 0. The maximum Gasteiger partial charge on any atom is 0.243 e. The largest absolute Gasteiger partial charge is 0.347 e. The molecule has 3 heterocycles. The van der Waals surface area contributed by atoms with Crippen LogP contribution in [0.2, 0.25) is 0 Å². The lowest BCUT2D eigenvalue weighted by molar-refractivity contribution is -0.124. The molecule has 0 aliphatic rings. The van der Waals surface area contributed by atoms with Crippen molar-refractivity contribution in [2.24, 2.45) is 5.92 Å². The molecule has 33 heavy (non-hydrogen) atoms. The van der Waals surface area contributed by atoms with Gasteiger partial charge in [-0.05, 0) is 35.6 Å². The fourth-order valence-electron chi connectivity index (χ4n) is 3.39. The van der Waals surface area contributed by atoms with Crippen LogP contribution in [0.1, 0.15) is 35.5 Å². The first-order chi connectivity index (χ1) is 15.9. The molecule has 2 amide bonds. The average molecular weight is 462 g/mol. The molecule has 0 spiro atoms. The Kier molecular flexibility index (Phi) is 6.60. The molecular formula is C24H23N5O3S. The maximum atomic E-state index is 12.8. The number of carbonyl (C=O) groups excluding carboxylic acids is 3. The topological polar surface area (TPSA) is 105 Å². The molecule has 3 aromatic heterocycles. The van der Waals surface area contributed by atoms with Crippen LogP contribution in [0.5, 0.6) is 0 Å². The lowest BCUT2D eigenvalue weighted by Gasteiger charge is -2.10. The van der Waals surface area contributed by atoms with Gasteiger partial charge in [-0.15, -0.1) is 11.3 Å². The highest BCUT2D eigenvalue weighted by atomic mass is 32.1. The Bertz CT molecular complexity index is 1310. The Hall–Kier alpha value is -3.85. The number of amides is 2. The molecule has 0 saturated carbocycles. The van der Waals surface area contributed by atoms with E-state index in [1.165, 1.54) is 17.5 Å². The van der Waals surface area contributed by atoms with Crippen LogP contribution < -0.4 is 10.6 Å². The summed E-state index contributed by atoms with van der Waals surface area (Å²) in [6.07, 6.45) is 3.54. The van der Waals surface area contributed by atoms with Crippen molar-refractivity contribution in [3.8, 4) is 11.3 Å². The maximum absolute atomic E-state index is 12.8. The number of aromatic nitrogens is 3. The zero-order chi connectivity index (χ0) is 23.4. The molecule has 4 aromatic rings. The molecule has 9 heteroatoms. The highest BCUT2D eigenvalue weighted by molar-refractivity contribution is 7.12. The van der Waals surface area contributed by atoms with Gasteiger partial charge in [0, 0.05) is 23.9 Å². The summed E-state index contributed by atoms with van der Waals surface area (Å²) in [6, 6.07) is 12.7. The highest BCUT2D eigenvalue weighted by Crippen LogP contribution is 2.25. The molecule has 0 aliphatic carbocycles. The van der Waals surface area contributed by atoms with Crippen LogP contribution in [-0.4, -0.2) is 38.7 Å². The van der Waals surface area contributed by atoms with Crippen molar-refractivity contribution in [2.75, 3.05) is 11.9 Å². The number of nitrogens with one attached hydrogen (secondary N) is 2. The summed E-state index contributed by atoms with van der Waals surface area (Å²) >= 11 is 1.37. The van der Waals surface area contributed by atoms with Gasteiger partial charge >= 0.3 is 0 Å². The predicted molar refractivity (Wildman–Crippen MR) is 127 cm³/mol. The van der Waals surface area contributed by atoms with Crippen molar-refractivity contribution in [3.05, 3.63) is 70.7 Å². The van der Waals surface area contributed by atoms with Gasteiger partial charge in [-0.25, -0.2) is 9.50 Å². The minimum atomic E-state index is -0.313. The zero-order valence-corrected chi connectivity index (χ0v) is 19.1. The van der Waals surface area contributed by atoms with Crippen LogP contribution in [0.3, 0.4) is 0 Å². The monoisotopic (exact) mass is 461 g/mol. The number of hydrogen-bond donors (Lipinski definition) is 2. The number of fused-ring (bicyclic) bond motifs is 1. The van der Waals surface area contributed by atoms with Crippen molar-refractivity contribution in [3.63, 3.8) is 0 Å². The second-order valence-electron chi connectivity index (χ2n) is 7.93. The van der Waals surface area contributed by atoms with Crippen molar-refractivity contribution < 1.29 is 14.4 Å². The van der Waals surface area contributed by atoms with Crippen molar-refractivity contribution in [2.45, 2.75) is 20.3 Å². The number of nitrogens with zero attached hydrogens (tertiary/aromatic N) is 3. The Morgan fingerprint density at radius 3 is 2.70 bits per heavy atom. The molecule has 2 N–H and O–H groups in total. The van der Waals surface area contributed by atoms with Gasteiger partial charge in [-0.2, -0.15) is 5.10 Å². The van der Waals surface area contributed by atoms with Gasteiger partial charge in [0.15, 0.2) is 5.65 Å². The average Bonchev–Trinajstić information content (AvgIpc) is 3.47. The van der Waals surface area contributed by atoms with Gasteiger partial charge in [0.2, 0.25) is 17.6 Å². The number of anilines is 1. The summed E-state index contributed by atoms with van der Waals surface area (Å²) in [5.41, 5.74) is 3.01. The minimum absolute atomic E-state index is 0.0946. The van der Waals surface area contributed by atoms with Gasteiger partial charge in [0.05, 0.1) is 28.9 Å². The minimum Gasteiger partial charge on any atom is -0.347 e. The van der Waals surface area contributed by atoms with Crippen molar-refractivity contribution in [1.29, 1.82) is 0 Å². The van der Waals surface area contributed by atoms with E-state index in [1.807, 2.05) is 43.5 Å². The third kappa shape index (κ3) is 5.15. The summed E-state index contributed by atoms with van der Waals surface area (Å²) in [4.78, 5) is 41.8. The van der Waals surface area contributed by atoms with Crippen LogP contribution in [0, 0.1) is 5.92 Å². The summed E-state index contributed by atoms with van der Waals surface area (Å²) in [5, 5.41) is 11.7. The number of hydrogen-bond acceptors (Lipinski definition) is 6. The van der Waals surface area contributed by atoms with E-state index in [0.29, 0.717) is 28.2 Å². The zero-order valence-electron chi connectivity index (χ0n) is 18.2. The van der Waals surface area contributed by atoms with E-state index < -0.39 is 0 Å². The molecule has 0 atom stereocenters. The number of carbonyl (C=O) groups is 3.